The SMILES string of the molecule is C=C(C)C(=O)OCCOc1cc(-c2ccc(CCc3ccc(CCCCC)cc3)cc2CC)c(OCCOC(=O)C(=C)C)cc1CCCO. The lowest BCUT2D eigenvalue weighted by molar-refractivity contribution is -0.140. The second-order valence-electron chi connectivity index (χ2n) is 12.4. The van der Waals surface area contributed by atoms with Gasteiger partial charge in [0.2, 0.25) is 0 Å². The lowest BCUT2D eigenvalue weighted by Gasteiger charge is -2.20. The zero-order chi connectivity index (χ0) is 35.6. The second-order valence-corrected chi connectivity index (χ2v) is 12.4. The van der Waals surface area contributed by atoms with E-state index in [0.717, 1.165) is 42.4 Å². The fourth-order valence-electron chi connectivity index (χ4n) is 5.45. The molecule has 0 atom stereocenters. The van der Waals surface area contributed by atoms with Gasteiger partial charge in [-0.05, 0) is 104 Å². The van der Waals surface area contributed by atoms with Gasteiger partial charge in [0.25, 0.3) is 0 Å². The largest absolute Gasteiger partial charge is 0.490 e. The highest BCUT2D eigenvalue weighted by atomic mass is 16.6. The van der Waals surface area contributed by atoms with Crippen LogP contribution in [0.2, 0.25) is 0 Å². The number of hydrogen-bond acceptors (Lipinski definition) is 7. The van der Waals surface area contributed by atoms with E-state index in [1.807, 2.05) is 12.1 Å². The van der Waals surface area contributed by atoms with E-state index in [1.165, 1.54) is 41.5 Å². The Morgan fingerprint density at radius 2 is 1.18 bits per heavy atom. The summed E-state index contributed by atoms with van der Waals surface area (Å²) >= 11 is 0. The van der Waals surface area contributed by atoms with Crippen molar-refractivity contribution in [3.05, 3.63) is 107 Å². The lowest BCUT2D eigenvalue weighted by Crippen LogP contribution is -2.14. The van der Waals surface area contributed by atoms with Crippen LogP contribution in [0.1, 0.15) is 81.2 Å². The smallest absolute Gasteiger partial charge is 0.333 e. The third-order valence-electron chi connectivity index (χ3n) is 8.25. The molecule has 3 aromatic carbocycles. The van der Waals surface area contributed by atoms with Crippen LogP contribution in [0.4, 0.5) is 0 Å². The fraction of sp³-hybridized carbons (Fsp3) is 0.429. The van der Waals surface area contributed by atoms with Crippen LogP contribution in [0.3, 0.4) is 0 Å². The van der Waals surface area contributed by atoms with Gasteiger partial charge in [-0.15, -0.1) is 0 Å². The maximum absolute atomic E-state index is 11.9. The standard InChI is InChI=1S/C42H54O7/c1-7-9-10-12-32-14-16-33(17-15-32)18-19-34-20-21-37(35(8-2)27-34)38-29-39(46-23-25-48-41(44)30(3)4)36(13-11-22-43)28-40(38)47-24-26-49-42(45)31(5)6/h14-17,20-21,27-29,43H,3,5,7-13,18-19,22-26H2,1-2,4,6H3. The minimum absolute atomic E-state index is 0.0228. The molecule has 3 rings (SSSR count). The Morgan fingerprint density at radius 3 is 1.76 bits per heavy atom. The number of ether oxygens (including phenoxy) is 4. The first-order chi connectivity index (χ1) is 23.7. The molecule has 0 spiro atoms. The van der Waals surface area contributed by atoms with Crippen LogP contribution in [-0.2, 0) is 51.2 Å². The molecule has 264 valence electrons. The Morgan fingerprint density at radius 1 is 0.612 bits per heavy atom. The van der Waals surface area contributed by atoms with Gasteiger partial charge in [0, 0.05) is 23.3 Å². The maximum Gasteiger partial charge on any atom is 0.333 e. The molecule has 0 fully saturated rings. The average Bonchev–Trinajstić information content (AvgIpc) is 3.10. The Hall–Kier alpha value is -4.36. The van der Waals surface area contributed by atoms with Gasteiger partial charge in [0.05, 0.1) is 0 Å². The third-order valence-corrected chi connectivity index (χ3v) is 8.25. The van der Waals surface area contributed by atoms with Gasteiger partial charge < -0.3 is 24.1 Å². The maximum atomic E-state index is 11.9. The molecule has 7 heteroatoms. The molecule has 0 aromatic heterocycles. The topological polar surface area (TPSA) is 91.3 Å². The van der Waals surface area contributed by atoms with E-state index < -0.39 is 11.9 Å². The molecular weight excluding hydrogens is 616 g/mol. The van der Waals surface area contributed by atoms with Gasteiger partial charge in [0.1, 0.15) is 37.9 Å². The predicted molar refractivity (Wildman–Crippen MR) is 196 cm³/mol. The van der Waals surface area contributed by atoms with Crippen LogP contribution in [0, 0.1) is 0 Å². The first-order valence-electron chi connectivity index (χ1n) is 17.5. The molecule has 1 N–H and O–H groups in total. The van der Waals surface area contributed by atoms with E-state index in [1.54, 1.807) is 13.8 Å². The molecule has 0 saturated heterocycles. The number of aliphatic hydroxyl groups excluding tert-OH is 1. The highest BCUT2D eigenvalue weighted by Gasteiger charge is 2.18. The molecule has 0 aliphatic heterocycles. The highest BCUT2D eigenvalue weighted by molar-refractivity contribution is 5.87. The Labute approximate surface area is 292 Å². The van der Waals surface area contributed by atoms with E-state index in [4.69, 9.17) is 18.9 Å². The van der Waals surface area contributed by atoms with Gasteiger partial charge in [-0.1, -0.05) is 82.3 Å². The van der Waals surface area contributed by atoms with E-state index >= 15 is 0 Å². The number of aryl methyl sites for hydroxylation is 5. The van der Waals surface area contributed by atoms with Gasteiger partial charge >= 0.3 is 11.9 Å². The summed E-state index contributed by atoms with van der Waals surface area (Å²) in [5.41, 5.74) is 8.54. The normalized spacial score (nSPS) is 10.8. The summed E-state index contributed by atoms with van der Waals surface area (Å²) in [5.74, 6) is 0.324. The molecule has 7 nitrogen and oxygen atoms in total. The first kappa shape index (κ1) is 39.1. The van der Waals surface area contributed by atoms with Gasteiger partial charge in [-0.2, -0.15) is 0 Å². The zero-order valence-corrected chi connectivity index (χ0v) is 29.9. The molecule has 0 heterocycles. The molecule has 0 radical (unpaired) electrons. The minimum atomic E-state index is -0.465. The van der Waals surface area contributed by atoms with Crippen molar-refractivity contribution in [2.45, 2.75) is 85.5 Å². The molecule has 0 bridgehead atoms. The molecular formula is C42H54O7. The molecule has 3 aromatic rings. The van der Waals surface area contributed by atoms with Crippen molar-refractivity contribution in [3.8, 4) is 22.6 Å². The van der Waals surface area contributed by atoms with E-state index in [9.17, 15) is 14.7 Å². The summed E-state index contributed by atoms with van der Waals surface area (Å²) in [6, 6.07) is 19.5. The molecule has 49 heavy (non-hydrogen) atoms. The monoisotopic (exact) mass is 670 g/mol. The van der Waals surface area contributed by atoms with Crippen LogP contribution in [0.25, 0.3) is 11.1 Å². The van der Waals surface area contributed by atoms with Crippen molar-refractivity contribution in [3.63, 3.8) is 0 Å². The van der Waals surface area contributed by atoms with Gasteiger partial charge in [-0.3, -0.25) is 0 Å². The van der Waals surface area contributed by atoms with Gasteiger partial charge in [0.15, 0.2) is 0 Å². The van der Waals surface area contributed by atoms with Crippen LogP contribution in [0.15, 0.2) is 78.9 Å². The molecule has 0 saturated carbocycles. The summed E-state index contributed by atoms with van der Waals surface area (Å²) in [6.45, 7) is 15.3. The predicted octanol–water partition coefficient (Wildman–Crippen LogP) is 8.36. The van der Waals surface area contributed by atoms with Crippen LogP contribution in [0.5, 0.6) is 11.5 Å². The summed E-state index contributed by atoms with van der Waals surface area (Å²) in [7, 11) is 0. The number of unbranched alkanes of at least 4 members (excludes halogenated alkanes) is 2. The van der Waals surface area contributed by atoms with E-state index in [2.05, 4.69) is 69.5 Å². The molecule has 0 aliphatic rings. The van der Waals surface area contributed by atoms with Crippen molar-refractivity contribution in [1.82, 2.24) is 0 Å². The number of benzene rings is 3. The number of rotatable bonds is 22. The van der Waals surface area contributed by atoms with E-state index in [0.29, 0.717) is 35.5 Å². The van der Waals surface area contributed by atoms with E-state index in [-0.39, 0.29) is 33.0 Å². The second kappa shape index (κ2) is 20.9. The molecule has 0 amide bonds. The number of carbonyl (C=O) groups excluding carboxylic acids is 2. The fourth-order valence-corrected chi connectivity index (χ4v) is 5.45. The van der Waals surface area contributed by atoms with Crippen molar-refractivity contribution in [2.75, 3.05) is 33.0 Å². The van der Waals surface area contributed by atoms with Gasteiger partial charge in [-0.25, -0.2) is 9.59 Å². The highest BCUT2D eigenvalue weighted by Crippen LogP contribution is 2.39. The summed E-state index contributed by atoms with van der Waals surface area (Å²) in [6.07, 6.45) is 8.66. The number of carbonyl (C=O) groups is 2. The van der Waals surface area contributed by atoms with Crippen LogP contribution in [-0.4, -0.2) is 50.1 Å². The molecule has 0 unspecified atom stereocenters. The first-order valence-corrected chi connectivity index (χ1v) is 17.5. The summed E-state index contributed by atoms with van der Waals surface area (Å²) < 4.78 is 22.9. The van der Waals surface area contributed by atoms with Crippen molar-refractivity contribution in [2.24, 2.45) is 0 Å². The lowest BCUT2D eigenvalue weighted by atomic mass is 9.92. The zero-order valence-electron chi connectivity index (χ0n) is 29.9. The average molecular weight is 671 g/mol. The van der Waals surface area contributed by atoms with Crippen molar-refractivity contribution < 1.29 is 33.6 Å². The Bertz CT molecular complexity index is 1540. The Kier molecular flexibility index (Phi) is 16.7. The van der Waals surface area contributed by atoms with Crippen LogP contribution < -0.4 is 9.47 Å². The molecule has 0 aliphatic carbocycles. The van der Waals surface area contributed by atoms with Crippen LogP contribution >= 0.6 is 0 Å². The van der Waals surface area contributed by atoms with Crippen molar-refractivity contribution in [1.29, 1.82) is 0 Å². The third kappa shape index (κ3) is 12.9. The van der Waals surface area contributed by atoms with Crippen molar-refractivity contribution >= 4 is 11.9 Å². The number of aliphatic hydroxyl groups is 1. The summed E-state index contributed by atoms with van der Waals surface area (Å²) in [4.78, 5) is 23.8. The quantitative estimate of drug-likeness (QED) is 0.0653. The minimum Gasteiger partial charge on any atom is -0.490 e. The number of hydrogen-bond donors (Lipinski definition) is 1. The Balaban J connectivity index is 1.88. The summed E-state index contributed by atoms with van der Waals surface area (Å²) in [5, 5.41) is 9.59. The number of esters is 2.